The van der Waals surface area contributed by atoms with Gasteiger partial charge in [0.2, 0.25) is 0 Å². The van der Waals surface area contributed by atoms with Gasteiger partial charge in [0.1, 0.15) is 5.75 Å². The number of ether oxygens (including phenoxy) is 1. The highest BCUT2D eigenvalue weighted by atomic mass is 32.2. The van der Waals surface area contributed by atoms with Crippen molar-refractivity contribution in [2.45, 2.75) is 0 Å². The van der Waals surface area contributed by atoms with Crippen molar-refractivity contribution in [3.05, 3.63) is 28.3 Å². The van der Waals surface area contributed by atoms with Gasteiger partial charge in [-0.1, -0.05) is 0 Å². The van der Waals surface area contributed by atoms with Crippen LogP contribution in [0.4, 0.5) is 11.4 Å². The van der Waals surface area contributed by atoms with Crippen LogP contribution in [0.5, 0.6) is 5.75 Å². The molecule has 0 atom stereocenters. The molecule has 1 aromatic carbocycles. The zero-order valence-electron chi connectivity index (χ0n) is 9.99. The number of nitrogens with zero attached hydrogens (tertiary/aromatic N) is 1. The highest BCUT2D eigenvalue weighted by Crippen LogP contribution is 2.28. The van der Waals surface area contributed by atoms with Gasteiger partial charge in [0.25, 0.3) is 15.9 Å². The molecule has 0 aliphatic heterocycles. The van der Waals surface area contributed by atoms with Crippen molar-refractivity contribution in [3.63, 3.8) is 0 Å². The summed E-state index contributed by atoms with van der Waals surface area (Å²) in [5.74, 6) is -0.414. The number of hydrogen-bond acceptors (Lipinski definition) is 6. The molecule has 1 aromatic rings. The van der Waals surface area contributed by atoms with E-state index in [1.807, 2.05) is 4.72 Å². The van der Waals surface area contributed by atoms with Crippen LogP contribution in [0.15, 0.2) is 18.2 Å². The molecule has 0 unspecified atom stereocenters. The predicted molar refractivity (Wildman–Crippen MR) is 67.2 cm³/mol. The summed E-state index contributed by atoms with van der Waals surface area (Å²) < 4.78 is 31.9. The van der Waals surface area contributed by atoms with Crippen LogP contribution in [0.3, 0.4) is 0 Å². The van der Waals surface area contributed by atoms with Crippen molar-refractivity contribution in [2.24, 2.45) is 0 Å². The maximum absolute atomic E-state index is 11.5. The molecule has 0 aliphatic rings. The monoisotopic (exact) mass is 291 g/mol. The van der Waals surface area contributed by atoms with Crippen LogP contribution in [-0.2, 0) is 14.9 Å². The zero-order valence-corrected chi connectivity index (χ0v) is 10.8. The zero-order chi connectivity index (χ0) is 14.5. The van der Waals surface area contributed by atoms with Gasteiger partial charge >= 0.3 is 0 Å². The number of hydrogen-bond donors (Lipinski definition) is 3. The Kier molecular flexibility index (Phi) is 5.03. The fraction of sp³-hybridized carbons (Fsp3) is 0.333. The normalized spacial score (nSPS) is 11.2. The number of nitro benzene ring substituents is 1. The number of phenols is 1. The Hall–Kier alpha value is -1.91. The van der Waals surface area contributed by atoms with E-state index in [4.69, 9.17) is 0 Å². The lowest BCUT2D eigenvalue weighted by molar-refractivity contribution is -0.384. The summed E-state index contributed by atoms with van der Waals surface area (Å²) in [5, 5.41) is 20.0. The minimum absolute atomic E-state index is 0.0293. The van der Waals surface area contributed by atoms with Crippen LogP contribution in [0.2, 0.25) is 0 Å². The van der Waals surface area contributed by atoms with Crippen molar-refractivity contribution < 1.29 is 23.2 Å². The molecule has 0 spiro atoms. The lowest BCUT2D eigenvalue weighted by Gasteiger charge is -2.10. The Balaban J connectivity index is 2.86. The molecule has 0 radical (unpaired) electrons. The largest absolute Gasteiger partial charge is 0.506 e. The average Bonchev–Trinajstić information content (AvgIpc) is 2.31. The molecule has 0 amide bonds. The van der Waals surface area contributed by atoms with Crippen LogP contribution < -0.4 is 9.44 Å². The third-order valence-electron chi connectivity index (χ3n) is 2.03. The number of nitrogens with one attached hydrogen (secondary N) is 2. The molecule has 10 heteroatoms. The van der Waals surface area contributed by atoms with E-state index in [1.54, 1.807) is 0 Å². The van der Waals surface area contributed by atoms with Crippen LogP contribution in [0.1, 0.15) is 0 Å². The van der Waals surface area contributed by atoms with Crippen molar-refractivity contribution in [1.82, 2.24) is 4.72 Å². The number of phenolic OH excluding ortho intramolecular Hbond substituents is 1. The van der Waals surface area contributed by atoms with Crippen molar-refractivity contribution in [1.29, 1.82) is 0 Å². The van der Waals surface area contributed by atoms with Gasteiger partial charge in [0.05, 0.1) is 17.2 Å². The predicted octanol–water partition coefficient (Wildman–Crippen LogP) is 0.193. The first kappa shape index (κ1) is 15.1. The first-order valence-corrected chi connectivity index (χ1v) is 6.58. The summed E-state index contributed by atoms with van der Waals surface area (Å²) in [6.07, 6.45) is 0. The SMILES string of the molecule is COCCNS(=O)(=O)Nc1cc([N+](=O)[O-])ccc1O. The van der Waals surface area contributed by atoms with Crippen molar-refractivity contribution in [3.8, 4) is 5.75 Å². The fourth-order valence-electron chi connectivity index (χ4n) is 1.18. The van der Waals surface area contributed by atoms with Gasteiger partial charge < -0.3 is 9.84 Å². The number of aromatic hydroxyl groups is 1. The second-order valence-corrected chi connectivity index (χ2v) is 4.95. The Bertz CT molecular complexity index is 559. The van der Waals surface area contributed by atoms with Gasteiger partial charge in [-0.25, -0.2) is 0 Å². The number of rotatable bonds is 7. The molecule has 1 rings (SSSR count). The second-order valence-electron chi connectivity index (χ2n) is 3.45. The van der Waals surface area contributed by atoms with Gasteiger partial charge in [0, 0.05) is 25.8 Å². The molecule has 3 N–H and O–H groups in total. The minimum Gasteiger partial charge on any atom is -0.506 e. The summed E-state index contributed by atoms with van der Waals surface area (Å²) >= 11 is 0. The van der Waals surface area contributed by atoms with E-state index in [0.717, 1.165) is 18.2 Å². The summed E-state index contributed by atoms with van der Waals surface area (Å²) in [6, 6.07) is 3.02. The molecular weight excluding hydrogens is 278 g/mol. The van der Waals surface area contributed by atoms with E-state index in [9.17, 15) is 23.6 Å². The van der Waals surface area contributed by atoms with Crippen LogP contribution in [-0.4, -0.2) is 38.7 Å². The minimum atomic E-state index is -3.93. The van der Waals surface area contributed by atoms with Gasteiger partial charge in [-0.15, -0.1) is 0 Å². The quantitative estimate of drug-likeness (QED) is 0.284. The van der Waals surface area contributed by atoms with E-state index < -0.39 is 20.9 Å². The maximum Gasteiger partial charge on any atom is 0.299 e. The number of anilines is 1. The topological polar surface area (TPSA) is 131 Å². The first-order chi connectivity index (χ1) is 8.85. The lowest BCUT2D eigenvalue weighted by atomic mass is 10.2. The van der Waals surface area contributed by atoms with Gasteiger partial charge in [-0.05, 0) is 6.07 Å². The van der Waals surface area contributed by atoms with Crippen molar-refractivity contribution in [2.75, 3.05) is 25.0 Å². The highest BCUT2D eigenvalue weighted by molar-refractivity contribution is 7.90. The lowest BCUT2D eigenvalue weighted by Crippen LogP contribution is -2.32. The number of non-ortho nitro benzene ring substituents is 1. The Morgan fingerprint density at radius 2 is 2.16 bits per heavy atom. The summed E-state index contributed by atoms with van der Waals surface area (Å²) in [4.78, 5) is 9.86. The van der Waals surface area contributed by atoms with E-state index >= 15 is 0 Å². The highest BCUT2D eigenvalue weighted by Gasteiger charge is 2.15. The molecule has 0 aliphatic carbocycles. The standard InChI is InChI=1S/C9H13N3O6S/c1-18-5-4-10-19(16,17)11-8-6-7(12(14)15)2-3-9(8)13/h2-3,6,10-11,13H,4-5H2,1H3. The number of methoxy groups -OCH3 is 1. The Labute approximate surface area is 109 Å². The molecule has 0 heterocycles. The Morgan fingerprint density at radius 1 is 1.47 bits per heavy atom. The first-order valence-electron chi connectivity index (χ1n) is 5.09. The molecule has 9 nitrogen and oxygen atoms in total. The summed E-state index contributed by atoms with van der Waals surface area (Å²) in [6.45, 7) is 0.198. The molecule has 0 aromatic heterocycles. The van der Waals surface area contributed by atoms with Gasteiger partial charge in [0.15, 0.2) is 0 Å². The smallest absolute Gasteiger partial charge is 0.299 e. The molecule has 0 saturated heterocycles. The molecular formula is C9H13N3O6S. The Morgan fingerprint density at radius 3 is 2.74 bits per heavy atom. The van der Waals surface area contributed by atoms with E-state index in [-0.39, 0.29) is 24.5 Å². The second kappa shape index (κ2) is 6.31. The molecule has 19 heavy (non-hydrogen) atoms. The van der Waals surface area contributed by atoms with Gasteiger partial charge in [-0.2, -0.15) is 13.1 Å². The van der Waals surface area contributed by atoms with E-state index in [2.05, 4.69) is 9.46 Å². The molecule has 0 saturated carbocycles. The summed E-state index contributed by atoms with van der Waals surface area (Å²) in [7, 11) is -2.52. The molecule has 106 valence electrons. The fourth-order valence-corrected chi connectivity index (χ4v) is 2.06. The molecule has 0 bridgehead atoms. The van der Waals surface area contributed by atoms with E-state index in [0.29, 0.717) is 0 Å². The van der Waals surface area contributed by atoms with Crippen LogP contribution in [0, 0.1) is 10.1 Å². The summed E-state index contributed by atoms with van der Waals surface area (Å²) in [5.41, 5.74) is -0.619. The van der Waals surface area contributed by atoms with Gasteiger partial charge in [-0.3, -0.25) is 14.8 Å². The average molecular weight is 291 g/mol. The number of benzene rings is 1. The number of nitro groups is 1. The van der Waals surface area contributed by atoms with E-state index in [1.165, 1.54) is 7.11 Å². The maximum atomic E-state index is 11.5. The third kappa shape index (κ3) is 4.69. The van der Waals surface area contributed by atoms with Crippen LogP contribution >= 0.6 is 0 Å². The third-order valence-corrected chi connectivity index (χ3v) is 3.11. The molecule has 0 fully saturated rings. The van der Waals surface area contributed by atoms with Crippen molar-refractivity contribution >= 4 is 21.6 Å². The van der Waals surface area contributed by atoms with Crippen LogP contribution in [0.25, 0.3) is 0 Å².